The van der Waals surface area contributed by atoms with Gasteiger partial charge in [-0.05, 0) is 67.6 Å². The quantitative estimate of drug-likeness (QED) is 0.822. The first-order valence-electron chi connectivity index (χ1n) is 9.64. The van der Waals surface area contributed by atoms with Crippen LogP contribution in [0.15, 0.2) is 42.5 Å². The Morgan fingerprint density at radius 2 is 1.81 bits per heavy atom. The highest BCUT2D eigenvalue weighted by Crippen LogP contribution is 2.33. The van der Waals surface area contributed by atoms with Gasteiger partial charge in [-0.1, -0.05) is 12.1 Å². The maximum Gasteiger partial charge on any atom is 0.231 e. The number of amides is 1. The summed E-state index contributed by atoms with van der Waals surface area (Å²) in [6.45, 7) is 5.71. The lowest BCUT2D eigenvalue weighted by Gasteiger charge is -2.21. The minimum Gasteiger partial charge on any atom is -0.494 e. The van der Waals surface area contributed by atoms with Crippen LogP contribution in [0.3, 0.4) is 0 Å². The normalized spacial score (nSPS) is 16.0. The van der Waals surface area contributed by atoms with E-state index in [0.717, 1.165) is 43.1 Å². The molecule has 2 aliphatic heterocycles. The predicted octanol–water partition coefficient (Wildman–Crippen LogP) is 3.82. The zero-order valence-corrected chi connectivity index (χ0v) is 15.4. The minimum atomic E-state index is 0.168. The molecule has 2 heterocycles. The number of carbonyl (C=O) groups is 1. The Balaban J connectivity index is 1.45. The second-order valence-corrected chi connectivity index (χ2v) is 7.06. The zero-order chi connectivity index (χ0) is 17.9. The van der Waals surface area contributed by atoms with E-state index in [1.54, 1.807) is 0 Å². The van der Waals surface area contributed by atoms with Gasteiger partial charge in [0.1, 0.15) is 5.75 Å². The topological polar surface area (TPSA) is 32.8 Å². The lowest BCUT2D eigenvalue weighted by atomic mass is 10.1. The van der Waals surface area contributed by atoms with Crippen molar-refractivity contribution in [2.45, 2.75) is 32.6 Å². The monoisotopic (exact) mass is 350 g/mol. The highest BCUT2D eigenvalue weighted by Gasteiger charge is 2.25. The molecule has 1 fully saturated rings. The number of anilines is 2. The van der Waals surface area contributed by atoms with Crippen LogP contribution < -0.4 is 14.5 Å². The number of hydrogen-bond donors (Lipinski definition) is 0. The molecule has 0 atom stereocenters. The zero-order valence-electron chi connectivity index (χ0n) is 15.4. The van der Waals surface area contributed by atoms with Crippen LogP contribution in [0.4, 0.5) is 11.4 Å². The third-order valence-corrected chi connectivity index (χ3v) is 5.32. The molecule has 0 radical (unpaired) electrons. The van der Waals surface area contributed by atoms with Crippen molar-refractivity contribution in [1.29, 1.82) is 0 Å². The van der Waals surface area contributed by atoms with E-state index in [2.05, 4.69) is 23.1 Å². The summed E-state index contributed by atoms with van der Waals surface area (Å²) in [5.74, 6) is 1.02. The van der Waals surface area contributed by atoms with Gasteiger partial charge in [-0.2, -0.15) is 0 Å². The molecule has 2 aromatic rings. The van der Waals surface area contributed by atoms with Gasteiger partial charge in [-0.25, -0.2) is 0 Å². The molecule has 4 nitrogen and oxygen atoms in total. The summed E-state index contributed by atoms with van der Waals surface area (Å²) in [5, 5.41) is 0. The predicted molar refractivity (Wildman–Crippen MR) is 105 cm³/mol. The molecule has 1 amide bonds. The van der Waals surface area contributed by atoms with Gasteiger partial charge in [-0.3, -0.25) is 4.79 Å². The molecule has 0 aliphatic carbocycles. The van der Waals surface area contributed by atoms with Crippen LogP contribution in [-0.4, -0.2) is 32.1 Å². The molecule has 4 heteroatoms. The second kappa shape index (κ2) is 7.40. The number of rotatable bonds is 5. The van der Waals surface area contributed by atoms with Gasteiger partial charge in [0, 0.05) is 31.0 Å². The Morgan fingerprint density at radius 3 is 2.54 bits per heavy atom. The van der Waals surface area contributed by atoms with Crippen LogP contribution in [0.2, 0.25) is 0 Å². The highest BCUT2D eigenvalue weighted by molar-refractivity contribution is 5.97. The Morgan fingerprint density at radius 1 is 1.04 bits per heavy atom. The third-order valence-electron chi connectivity index (χ3n) is 5.32. The average molecular weight is 350 g/mol. The summed E-state index contributed by atoms with van der Waals surface area (Å²) >= 11 is 0. The molecule has 0 bridgehead atoms. The molecule has 1 saturated heterocycles. The molecular formula is C22H26N2O2. The van der Waals surface area contributed by atoms with E-state index in [1.165, 1.54) is 24.1 Å². The number of hydrogen-bond acceptors (Lipinski definition) is 3. The summed E-state index contributed by atoms with van der Waals surface area (Å²) in [7, 11) is 0. The summed E-state index contributed by atoms with van der Waals surface area (Å²) in [6, 6.07) is 14.4. The van der Waals surface area contributed by atoms with Crippen LogP contribution in [0, 0.1) is 0 Å². The van der Waals surface area contributed by atoms with Gasteiger partial charge in [0.05, 0.1) is 13.0 Å². The van der Waals surface area contributed by atoms with E-state index < -0.39 is 0 Å². The first-order valence-corrected chi connectivity index (χ1v) is 9.64. The smallest absolute Gasteiger partial charge is 0.231 e. The van der Waals surface area contributed by atoms with E-state index in [9.17, 15) is 4.79 Å². The van der Waals surface area contributed by atoms with E-state index in [0.29, 0.717) is 13.0 Å². The van der Waals surface area contributed by atoms with Gasteiger partial charge < -0.3 is 14.5 Å². The number of ether oxygens (including phenoxy) is 1. The Hall–Kier alpha value is -2.49. The van der Waals surface area contributed by atoms with Crippen LogP contribution in [-0.2, 0) is 17.6 Å². The summed E-state index contributed by atoms with van der Waals surface area (Å²) in [4.78, 5) is 17.2. The first-order chi connectivity index (χ1) is 12.7. The fourth-order valence-corrected chi connectivity index (χ4v) is 3.96. The molecule has 4 rings (SSSR count). The van der Waals surface area contributed by atoms with E-state index in [1.807, 2.05) is 36.1 Å². The third kappa shape index (κ3) is 3.41. The van der Waals surface area contributed by atoms with Crippen LogP contribution >= 0.6 is 0 Å². The second-order valence-electron chi connectivity index (χ2n) is 7.06. The average Bonchev–Trinajstić information content (AvgIpc) is 3.33. The van der Waals surface area contributed by atoms with Gasteiger partial charge >= 0.3 is 0 Å². The highest BCUT2D eigenvalue weighted by atomic mass is 16.5. The van der Waals surface area contributed by atoms with E-state index in [4.69, 9.17) is 4.74 Å². The van der Waals surface area contributed by atoms with Gasteiger partial charge in [0.2, 0.25) is 5.91 Å². The number of benzene rings is 2. The first kappa shape index (κ1) is 17.0. The molecule has 0 unspecified atom stereocenters. The summed E-state index contributed by atoms with van der Waals surface area (Å²) < 4.78 is 5.47. The fourth-order valence-electron chi connectivity index (χ4n) is 3.96. The van der Waals surface area contributed by atoms with Crippen LogP contribution in [0.1, 0.15) is 30.9 Å². The van der Waals surface area contributed by atoms with E-state index >= 15 is 0 Å². The molecule has 26 heavy (non-hydrogen) atoms. The van der Waals surface area contributed by atoms with Crippen LogP contribution in [0.25, 0.3) is 0 Å². The molecule has 2 aliphatic rings. The summed E-state index contributed by atoms with van der Waals surface area (Å²) in [6.07, 6.45) is 3.94. The molecule has 0 saturated carbocycles. The number of fused-ring (bicyclic) bond motifs is 1. The molecular weight excluding hydrogens is 324 g/mol. The van der Waals surface area contributed by atoms with Crippen molar-refractivity contribution in [2.75, 3.05) is 36.0 Å². The van der Waals surface area contributed by atoms with E-state index in [-0.39, 0.29) is 5.91 Å². The minimum absolute atomic E-state index is 0.168. The maximum absolute atomic E-state index is 12.8. The molecule has 0 N–H and O–H groups in total. The lowest BCUT2D eigenvalue weighted by molar-refractivity contribution is -0.117. The number of carbonyl (C=O) groups excluding carboxylic acids is 1. The SMILES string of the molecule is CCOc1ccc(CC(=O)N2CCc3cc(N4CCCC4)ccc32)cc1. The lowest BCUT2D eigenvalue weighted by Crippen LogP contribution is -2.30. The van der Waals surface area contributed by atoms with Crippen molar-refractivity contribution in [3.8, 4) is 5.75 Å². The van der Waals surface area contributed by atoms with Gasteiger partial charge in [0.25, 0.3) is 0 Å². The maximum atomic E-state index is 12.8. The van der Waals surface area contributed by atoms with Crippen molar-refractivity contribution in [3.05, 3.63) is 53.6 Å². The molecule has 0 aromatic heterocycles. The molecule has 0 spiro atoms. The fraction of sp³-hybridized carbons (Fsp3) is 0.409. The Labute approximate surface area is 155 Å². The molecule has 2 aromatic carbocycles. The van der Waals surface area contributed by atoms with Crippen molar-refractivity contribution in [1.82, 2.24) is 0 Å². The van der Waals surface area contributed by atoms with Crippen molar-refractivity contribution in [2.24, 2.45) is 0 Å². The standard InChI is InChI=1S/C22H26N2O2/c1-2-26-20-8-5-17(6-9-20)15-22(25)24-14-11-18-16-19(7-10-21(18)24)23-12-3-4-13-23/h5-10,16H,2-4,11-15H2,1H3. The largest absolute Gasteiger partial charge is 0.494 e. The van der Waals surface area contributed by atoms with Gasteiger partial charge in [-0.15, -0.1) is 0 Å². The molecule has 136 valence electrons. The van der Waals surface area contributed by atoms with Crippen molar-refractivity contribution < 1.29 is 9.53 Å². The number of nitrogens with zero attached hydrogens (tertiary/aromatic N) is 2. The van der Waals surface area contributed by atoms with Crippen molar-refractivity contribution in [3.63, 3.8) is 0 Å². The van der Waals surface area contributed by atoms with Crippen LogP contribution in [0.5, 0.6) is 5.75 Å². The Bertz CT molecular complexity index is 779. The van der Waals surface area contributed by atoms with Gasteiger partial charge in [0.15, 0.2) is 0 Å². The summed E-state index contributed by atoms with van der Waals surface area (Å²) in [5.41, 5.74) is 4.72. The Kier molecular flexibility index (Phi) is 4.83. The van der Waals surface area contributed by atoms with Crippen molar-refractivity contribution >= 4 is 17.3 Å².